The van der Waals surface area contributed by atoms with E-state index >= 15 is 0 Å². The van der Waals surface area contributed by atoms with E-state index in [1.165, 1.54) is 32.4 Å². The highest BCUT2D eigenvalue weighted by Crippen LogP contribution is 2.24. The van der Waals surface area contributed by atoms with E-state index in [-0.39, 0.29) is 0 Å². The van der Waals surface area contributed by atoms with Gasteiger partial charge in [-0.1, -0.05) is 0 Å². The normalized spacial score (nSPS) is 25.7. The third-order valence-corrected chi connectivity index (χ3v) is 3.94. The Bertz CT molecular complexity index is 392. The van der Waals surface area contributed by atoms with Crippen molar-refractivity contribution in [2.24, 2.45) is 0 Å². The minimum absolute atomic E-state index is 0.340. The van der Waals surface area contributed by atoms with E-state index in [1.807, 2.05) is 6.07 Å². The zero-order valence-corrected chi connectivity index (χ0v) is 10.6. The summed E-state index contributed by atoms with van der Waals surface area (Å²) in [7, 11) is 0. The van der Waals surface area contributed by atoms with Gasteiger partial charge >= 0.3 is 0 Å². The fraction of sp³-hybridized carbons (Fsp3) is 0.667. The molecule has 0 aliphatic carbocycles. The molecule has 17 heavy (non-hydrogen) atoms. The monoisotopic (exact) mass is 252 g/mol. The Morgan fingerprint density at radius 3 is 2.82 bits per heavy atom. The van der Waals surface area contributed by atoms with Crippen molar-refractivity contribution in [2.45, 2.75) is 25.3 Å². The SMILES string of the molecule is Clc1nccc(N2CCC(N3CCCC3)C2)n1. The van der Waals surface area contributed by atoms with Crippen molar-refractivity contribution < 1.29 is 0 Å². The van der Waals surface area contributed by atoms with Crippen LogP contribution < -0.4 is 4.90 Å². The smallest absolute Gasteiger partial charge is 0.224 e. The first kappa shape index (κ1) is 11.2. The molecule has 1 aromatic heterocycles. The van der Waals surface area contributed by atoms with Gasteiger partial charge < -0.3 is 4.90 Å². The zero-order chi connectivity index (χ0) is 11.7. The largest absolute Gasteiger partial charge is 0.355 e. The van der Waals surface area contributed by atoms with Gasteiger partial charge in [-0.3, -0.25) is 4.90 Å². The predicted octanol–water partition coefficient (Wildman–Crippen LogP) is 1.80. The van der Waals surface area contributed by atoms with E-state index in [1.54, 1.807) is 6.20 Å². The van der Waals surface area contributed by atoms with Gasteiger partial charge in [0.1, 0.15) is 5.82 Å². The second kappa shape index (κ2) is 4.78. The zero-order valence-electron chi connectivity index (χ0n) is 9.85. The van der Waals surface area contributed by atoms with Crippen LogP contribution >= 0.6 is 11.6 Å². The summed E-state index contributed by atoms with van der Waals surface area (Å²) < 4.78 is 0. The molecule has 2 aliphatic heterocycles. The molecule has 1 aromatic rings. The maximum Gasteiger partial charge on any atom is 0.224 e. The molecule has 0 bridgehead atoms. The summed E-state index contributed by atoms with van der Waals surface area (Å²) >= 11 is 5.83. The highest BCUT2D eigenvalue weighted by atomic mass is 35.5. The quantitative estimate of drug-likeness (QED) is 0.752. The van der Waals surface area contributed by atoms with Crippen molar-refractivity contribution in [1.29, 1.82) is 0 Å². The van der Waals surface area contributed by atoms with E-state index in [0.29, 0.717) is 11.3 Å². The first-order valence-corrected chi connectivity index (χ1v) is 6.68. The van der Waals surface area contributed by atoms with E-state index in [4.69, 9.17) is 11.6 Å². The second-order valence-corrected chi connectivity index (χ2v) is 5.15. The van der Waals surface area contributed by atoms with Crippen LogP contribution in [0.5, 0.6) is 0 Å². The van der Waals surface area contributed by atoms with Gasteiger partial charge in [0, 0.05) is 25.3 Å². The maximum absolute atomic E-state index is 5.83. The average Bonchev–Trinajstić information content (AvgIpc) is 3.00. The number of likely N-dealkylation sites (tertiary alicyclic amines) is 1. The molecule has 0 amide bonds. The highest BCUT2D eigenvalue weighted by molar-refractivity contribution is 6.28. The molecule has 1 atom stereocenters. The van der Waals surface area contributed by atoms with Gasteiger partial charge in [-0.2, -0.15) is 0 Å². The van der Waals surface area contributed by atoms with E-state index in [2.05, 4.69) is 19.8 Å². The average molecular weight is 253 g/mol. The topological polar surface area (TPSA) is 32.3 Å². The van der Waals surface area contributed by atoms with Crippen LogP contribution in [0, 0.1) is 0 Å². The molecule has 0 N–H and O–H groups in total. The Labute approximate surface area is 107 Å². The van der Waals surface area contributed by atoms with Crippen LogP contribution in [0.4, 0.5) is 5.82 Å². The summed E-state index contributed by atoms with van der Waals surface area (Å²) in [5.41, 5.74) is 0. The molecule has 3 rings (SSSR count). The van der Waals surface area contributed by atoms with Crippen LogP contribution in [0.15, 0.2) is 12.3 Å². The molecular formula is C12H17ClN4. The molecule has 2 saturated heterocycles. The second-order valence-electron chi connectivity index (χ2n) is 4.82. The van der Waals surface area contributed by atoms with Crippen molar-refractivity contribution in [2.75, 3.05) is 31.1 Å². The lowest BCUT2D eigenvalue weighted by molar-refractivity contribution is 0.260. The maximum atomic E-state index is 5.83. The van der Waals surface area contributed by atoms with Gasteiger partial charge in [-0.25, -0.2) is 9.97 Å². The molecular weight excluding hydrogens is 236 g/mol. The number of anilines is 1. The van der Waals surface area contributed by atoms with Crippen LogP contribution in [-0.2, 0) is 0 Å². The summed E-state index contributed by atoms with van der Waals surface area (Å²) in [6, 6.07) is 2.64. The van der Waals surface area contributed by atoms with E-state index < -0.39 is 0 Å². The van der Waals surface area contributed by atoms with Crippen molar-refractivity contribution in [3.05, 3.63) is 17.5 Å². The number of nitrogens with zero attached hydrogens (tertiary/aromatic N) is 4. The standard InChI is InChI=1S/C12H17ClN4/c13-12-14-5-3-11(15-12)17-8-4-10(9-17)16-6-1-2-7-16/h3,5,10H,1-2,4,6-9H2. The van der Waals surface area contributed by atoms with Gasteiger partial charge in [0.15, 0.2) is 0 Å². The Balaban J connectivity index is 1.67. The Hall–Kier alpha value is -0.870. The van der Waals surface area contributed by atoms with E-state index in [9.17, 15) is 0 Å². The van der Waals surface area contributed by atoms with Crippen LogP contribution in [-0.4, -0.2) is 47.1 Å². The predicted molar refractivity (Wildman–Crippen MR) is 68.5 cm³/mol. The number of hydrogen-bond donors (Lipinski definition) is 0. The summed E-state index contributed by atoms with van der Waals surface area (Å²) in [4.78, 5) is 13.1. The lowest BCUT2D eigenvalue weighted by atomic mass is 10.2. The van der Waals surface area contributed by atoms with Crippen LogP contribution in [0.2, 0.25) is 5.28 Å². The lowest BCUT2D eigenvalue weighted by Crippen LogP contribution is -2.35. The minimum Gasteiger partial charge on any atom is -0.355 e. The molecule has 5 heteroatoms. The highest BCUT2D eigenvalue weighted by Gasteiger charge is 2.29. The van der Waals surface area contributed by atoms with Gasteiger partial charge in [0.05, 0.1) is 0 Å². The van der Waals surface area contributed by atoms with Crippen molar-refractivity contribution >= 4 is 17.4 Å². The molecule has 0 radical (unpaired) electrons. The summed E-state index contributed by atoms with van der Waals surface area (Å²) in [6.45, 7) is 4.69. The van der Waals surface area contributed by atoms with Crippen LogP contribution in [0.3, 0.4) is 0 Å². The van der Waals surface area contributed by atoms with E-state index in [0.717, 1.165) is 18.9 Å². The summed E-state index contributed by atoms with van der Waals surface area (Å²) in [6.07, 6.45) is 5.68. The van der Waals surface area contributed by atoms with Gasteiger partial charge in [0.2, 0.25) is 5.28 Å². The number of halogens is 1. The molecule has 4 nitrogen and oxygen atoms in total. The first-order chi connectivity index (χ1) is 8.33. The molecule has 2 fully saturated rings. The third kappa shape index (κ3) is 2.38. The van der Waals surface area contributed by atoms with Gasteiger partial charge in [-0.05, 0) is 50.0 Å². The Morgan fingerprint density at radius 2 is 2.06 bits per heavy atom. The molecule has 92 valence electrons. The summed E-state index contributed by atoms with van der Waals surface area (Å²) in [5, 5.41) is 0.340. The Morgan fingerprint density at radius 1 is 1.24 bits per heavy atom. The number of aromatic nitrogens is 2. The summed E-state index contributed by atoms with van der Waals surface area (Å²) in [5.74, 6) is 0.965. The third-order valence-electron chi connectivity index (χ3n) is 3.76. The van der Waals surface area contributed by atoms with Gasteiger partial charge in [0.25, 0.3) is 0 Å². The number of hydrogen-bond acceptors (Lipinski definition) is 4. The fourth-order valence-corrected chi connectivity index (χ4v) is 3.00. The van der Waals surface area contributed by atoms with Crippen LogP contribution in [0.25, 0.3) is 0 Å². The van der Waals surface area contributed by atoms with Crippen molar-refractivity contribution in [3.63, 3.8) is 0 Å². The molecule has 2 aliphatic rings. The van der Waals surface area contributed by atoms with Gasteiger partial charge in [-0.15, -0.1) is 0 Å². The Kier molecular flexibility index (Phi) is 3.16. The van der Waals surface area contributed by atoms with Crippen molar-refractivity contribution in [1.82, 2.24) is 14.9 Å². The molecule has 3 heterocycles. The minimum atomic E-state index is 0.340. The van der Waals surface area contributed by atoms with Crippen LogP contribution in [0.1, 0.15) is 19.3 Å². The lowest BCUT2D eigenvalue weighted by Gasteiger charge is -2.23. The number of rotatable bonds is 2. The molecule has 0 saturated carbocycles. The first-order valence-electron chi connectivity index (χ1n) is 6.30. The fourth-order valence-electron chi connectivity index (χ4n) is 2.86. The van der Waals surface area contributed by atoms with Crippen molar-refractivity contribution in [3.8, 4) is 0 Å². The molecule has 1 unspecified atom stereocenters. The molecule has 0 aromatic carbocycles. The molecule has 0 spiro atoms.